The first-order valence-electron chi connectivity index (χ1n) is 13.5. The molecule has 0 spiro atoms. The van der Waals surface area contributed by atoms with Crippen LogP contribution in [-0.4, -0.2) is 32.6 Å². The van der Waals surface area contributed by atoms with Crippen molar-refractivity contribution in [3.8, 4) is 11.5 Å². The molecule has 0 saturated carbocycles. The zero-order chi connectivity index (χ0) is 25.7. The van der Waals surface area contributed by atoms with Gasteiger partial charge in [-0.1, -0.05) is 96.5 Å². The third kappa shape index (κ3) is 14.5. The topological polar surface area (TPSA) is 76.7 Å². The predicted molar refractivity (Wildman–Crippen MR) is 145 cm³/mol. The molecule has 0 atom stereocenters. The first-order valence-corrected chi connectivity index (χ1v) is 13.5. The number of rotatable bonds is 20. The first kappa shape index (κ1) is 30.5. The van der Waals surface area contributed by atoms with E-state index >= 15 is 0 Å². The second-order valence-electron chi connectivity index (χ2n) is 9.21. The van der Waals surface area contributed by atoms with Gasteiger partial charge in [-0.2, -0.15) is 0 Å². The summed E-state index contributed by atoms with van der Waals surface area (Å²) in [5, 5.41) is 5.56. The van der Waals surface area contributed by atoms with Crippen LogP contribution in [0.25, 0.3) is 6.08 Å². The van der Waals surface area contributed by atoms with Gasteiger partial charge in [-0.15, -0.1) is 0 Å². The lowest BCUT2D eigenvalue weighted by Crippen LogP contribution is -2.34. The third-order valence-corrected chi connectivity index (χ3v) is 6.09. The number of benzene rings is 1. The molecular formula is C29H48N2O4. The molecule has 35 heavy (non-hydrogen) atoms. The van der Waals surface area contributed by atoms with Crippen LogP contribution in [0.3, 0.4) is 0 Å². The summed E-state index contributed by atoms with van der Waals surface area (Å²) in [6.07, 6.45) is 19.9. The van der Waals surface area contributed by atoms with Crippen molar-refractivity contribution < 1.29 is 19.1 Å². The van der Waals surface area contributed by atoms with Crippen molar-refractivity contribution in [2.75, 3.05) is 20.8 Å². The molecule has 0 aliphatic carbocycles. The molecule has 6 nitrogen and oxygen atoms in total. The Labute approximate surface area is 213 Å². The fraction of sp³-hybridized carbons (Fsp3) is 0.655. The molecule has 2 amide bonds. The number of ether oxygens (including phenoxy) is 2. The lowest BCUT2D eigenvalue weighted by atomic mass is 10.0. The van der Waals surface area contributed by atoms with Crippen molar-refractivity contribution in [1.29, 1.82) is 0 Å². The molecule has 0 bridgehead atoms. The molecule has 1 aromatic carbocycles. The number of unbranched alkanes of at least 4 members (excludes halogenated alkanes) is 13. The molecule has 198 valence electrons. The molecule has 0 radical (unpaired) electrons. The molecule has 1 aromatic rings. The van der Waals surface area contributed by atoms with Crippen molar-refractivity contribution in [3.05, 3.63) is 29.5 Å². The summed E-state index contributed by atoms with van der Waals surface area (Å²) in [4.78, 5) is 24.3. The number of carbonyl (C=O) groups is 2. The van der Waals surface area contributed by atoms with Crippen molar-refractivity contribution in [1.82, 2.24) is 10.6 Å². The largest absolute Gasteiger partial charge is 0.493 e. The predicted octanol–water partition coefficient (Wildman–Crippen LogP) is 6.78. The van der Waals surface area contributed by atoms with E-state index < -0.39 is 0 Å². The van der Waals surface area contributed by atoms with Crippen LogP contribution in [0, 0.1) is 0 Å². The van der Waals surface area contributed by atoms with Gasteiger partial charge in [0.1, 0.15) is 5.70 Å². The molecule has 0 saturated heterocycles. The van der Waals surface area contributed by atoms with E-state index in [1.54, 1.807) is 32.4 Å². The van der Waals surface area contributed by atoms with Gasteiger partial charge in [0.15, 0.2) is 11.5 Å². The minimum absolute atomic E-state index is 0.218. The van der Waals surface area contributed by atoms with E-state index in [9.17, 15) is 9.59 Å². The smallest absolute Gasteiger partial charge is 0.267 e. The molecule has 0 aliphatic rings. The highest BCUT2D eigenvalue weighted by Crippen LogP contribution is 2.28. The second kappa shape index (κ2) is 19.8. The van der Waals surface area contributed by atoms with Crippen molar-refractivity contribution >= 4 is 17.9 Å². The van der Waals surface area contributed by atoms with Gasteiger partial charge >= 0.3 is 0 Å². The van der Waals surface area contributed by atoms with Gasteiger partial charge in [0.25, 0.3) is 5.91 Å². The van der Waals surface area contributed by atoms with Crippen LogP contribution in [0.15, 0.2) is 23.9 Å². The summed E-state index contributed by atoms with van der Waals surface area (Å²) in [7, 11) is 3.13. The molecule has 0 fully saturated rings. The van der Waals surface area contributed by atoms with Gasteiger partial charge in [0.2, 0.25) is 5.91 Å². The van der Waals surface area contributed by atoms with Crippen LogP contribution in [0.2, 0.25) is 0 Å². The standard InChI is InChI=1S/C29H48N2O4/c1-5-6-7-8-9-10-11-12-13-14-15-16-17-18-21-30-29(33)26(31-24(2)32)22-25-19-20-27(34-3)28(23-25)35-4/h19-20,22-23H,5-18,21H2,1-4H3,(H,30,33)(H,31,32)/b26-22+. The van der Waals surface area contributed by atoms with Gasteiger partial charge in [-0.05, 0) is 30.2 Å². The summed E-state index contributed by atoms with van der Waals surface area (Å²) >= 11 is 0. The van der Waals surface area contributed by atoms with E-state index in [2.05, 4.69) is 17.6 Å². The zero-order valence-corrected chi connectivity index (χ0v) is 22.5. The van der Waals surface area contributed by atoms with Crippen molar-refractivity contribution in [3.63, 3.8) is 0 Å². The molecule has 0 heterocycles. The van der Waals surface area contributed by atoms with Gasteiger partial charge in [-0.3, -0.25) is 9.59 Å². The summed E-state index contributed by atoms with van der Waals surface area (Å²) in [5.41, 5.74) is 0.952. The maximum Gasteiger partial charge on any atom is 0.267 e. The Balaban J connectivity index is 2.26. The molecule has 6 heteroatoms. The molecule has 1 rings (SSSR count). The van der Waals surface area contributed by atoms with Crippen molar-refractivity contribution in [2.45, 2.75) is 104 Å². The summed E-state index contributed by atoms with van der Waals surface area (Å²) in [6.45, 7) is 4.25. The SMILES string of the molecule is CCCCCCCCCCCCCCCCNC(=O)/C(=C\c1ccc(OC)c(OC)c1)NC(C)=O. The minimum atomic E-state index is -0.289. The highest BCUT2D eigenvalue weighted by Gasteiger charge is 2.12. The second-order valence-corrected chi connectivity index (χ2v) is 9.21. The highest BCUT2D eigenvalue weighted by molar-refractivity contribution is 6.00. The quantitative estimate of drug-likeness (QED) is 0.157. The van der Waals surface area contributed by atoms with E-state index in [0.29, 0.717) is 18.0 Å². The first-order chi connectivity index (χ1) is 17.0. The Bertz CT molecular complexity index is 761. The van der Waals surface area contributed by atoms with Crippen LogP contribution in [0.1, 0.15) is 109 Å². The average Bonchev–Trinajstić information content (AvgIpc) is 2.85. The fourth-order valence-corrected chi connectivity index (χ4v) is 4.07. The van der Waals surface area contributed by atoms with Crippen molar-refractivity contribution in [2.24, 2.45) is 0 Å². The van der Waals surface area contributed by atoms with Crippen LogP contribution >= 0.6 is 0 Å². The van der Waals surface area contributed by atoms with Crippen LogP contribution in [-0.2, 0) is 9.59 Å². The molecular weight excluding hydrogens is 440 g/mol. The summed E-state index contributed by atoms with van der Waals surface area (Å²) < 4.78 is 10.6. The Morgan fingerprint density at radius 2 is 1.29 bits per heavy atom. The normalized spacial score (nSPS) is 11.3. The summed E-state index contributed by atoms with van der Waals surface area (Å²) in [5.74, 6) is 0.590. The number of hydrogen-bond acceptors (Lipinski definition) is 4. The van der Waals surface area contributed by atoms with E-state index in [-0.39, 0.29) is 17.5 Å². The van der Waals surface area contributed by atoms with E-state index in [0.717, 1.165) is 18.4 Å². The maximum absolute atomic E-state index is 12.6. The van der Waals surface area contributed by atoms with Gasteiger partial charge in [-0.25, -0.2) is 0 Å². The van der Waals surface area contributed by atoms with Crippen LogP contribution < -0.4 is 20.1 Å². The van der Waals surface area contributed by atoms with Gasteiger partial charge < -0.3 is 20.1 Å². The average molecular weight is 489 g/mol. The summed E-state index contributed by atoms with van der Waals surface area (Å²) in [6, 6.07) is 5.34. The minimum Gasteiger partial charge on any atom is -0.493 e. The lowest BCUT2D eigenvalue weighted by Gasteiger charge is -2.11. The molecule has 0 aliphatic heterocycles. The Morgan fingerprint density at radius 3 is 1.77 bits per heavy atom. The van der Waals surface area contributed by atoms with Gasteiger partial charge in [0.05, 0.1) is 14.2 Å². The fourth-order valence-electron chi connectivity index (χ4n) is 4.07. The Kier molecular flexibility index (Phi) is 17.2. The highest BCUT2D eigenvalue weighted by atomic mass is 16.5. The monoisotopic (exact) mass is 488 g/mol. The third-order valence-electron chi connectivity index (χ3n) is 6.09. The van der Waals surface area contributed by atoms with Crippen LogP contribution in [0.5, 0.6) is 11.5 Å². The van der Waals surface area contributed by atoms with Gasteiger partial charge in [0, 0.05) is 13.5 Å². The van der Waals surface area contributed by atoms with E-state index in [4.69, 9.17) is 9.47 Å². The lowest BCUT2D eigenvalue weighted by molar-refractivity contribution is -0.122. The Hall–Kier alpha value is -2.50. The maximum atomic E-state index is 12.6. The number of nitrogens with one attached hydrogen (secondary N) is 2. The van der Waals surface area contributed by atoms with E-state index in [1.165, 1.54) is 84.0 Å². The number of amides is 2. The van der Waals surface area contributed by atoms with E-state index in [1.807, 2.05) is 6.07 Å². The van der Waals surface area contributed by atoms with Crippen LogP contribution in [0.4, 0.5) is 0 Å². The number of methoxy groups -OCH3 is 2. The number of carbonyl (C=O) groups excluding carboxylic acids is 2. The Morgan fingerprint density at radius 1 is 0.771 bits per heavy atom. The number of hydrogen-bond donors (Lipinski definition) is 2. The molecule has 2 N–H and O–H groups in total. The molecule has 0 unspecified atom stereocenters. The molecule has 0 aromatic heterocycles. The zero-order valence-electron chi connectivity index (χ0n) is 22.5.